The van der Waals surface area contributed by atoms with Crippen molar-refractivity contribution in [2.24, 2.45) is 5.92 Å². The van der Waals surface area contributed by atoms with Crippen molar-refractivity contribution in [1.29, 1.82) is 0 Å². The number of piperidine rings is 1. The van der Waals surface area contributed by atoms with Crippen LogP contribution in [0.25, 0.3) is 0 Å². The molecule has 3 heterocycles. The van der Waals surface area contributed by atoms with Gasteiger partial charge in [0.05, 0.1) is 18.0 Å². The van der Waals surface area contributed by atoms with Gasteiger partial charge in [-0.3, -0.25) is 19.8 Å². The highest BCUT2D eigenvalue weighted by atomic mass is 19.4. The maximum absolute atomic E-state index is 17.0. The van der Waals surface area contributed by atoms with Gasteiger partial charge in [0, 0.05) is 61.8 Å². The number of imidazole rings is 1. The third-order valence-corrected chi connectivity index (χ3v) is 9.24. The van der Waals surface area contributed by atoms with Crippen LogP contribution in [0.1, 0.15) is 61.8 Å². The van der Waals surface area contributed by atoms with Crippen LogP contribution in [0, 0.1) is 24.5 Å². The minimum atomic E-state index is -4.65. The Kier molecular flexibility index (Phi) is 9.12. The zero-order chi connectivity index (χ0) is 34.5. The van der Waals surface area contributed by atoms with Gasteiger partial charge in [0.25, 0.3) is 5.91 Å². The highest BCUT2D eigenvalue weighted by Gasteiger charge is 2.56. The summed E-state index contributed by atoms with van der Waals surface area (Å²) in [6.45, 7) is 6.84. The summed E-state index contributed by atoms with van der Waals surface area (Å²) >= 11 is 0. The van der Waals surface area contributed by atoms with Gasteiger partial charge in [-0.15, -0.1) is 0 Å². The van der Waals surface area contributed by atoms with Crippen LogP contribution in [-0.2, 0) is 22.3 Å². The summed E-state index contributed by atoms with van der Waals surface area (Å²) in [7, 11) is 0. The number of alkyl halides is 4. The van der Waals surface area contributed by atoms with Crippen LogP contribution in [-0.4, -0.2) is 68.8 Å². The summed E-state index contributed by atoms with van der Waals surface area (Å²) in [5, 5.41) is 11.9. The fraction of sp³-hybridized carbons (Fsp3) is 0.485. The fourth-order valence-electron chi connectivity index (χ4n) is 6.47. The number of benzene rings is 2. The third-order valence-electron chi connectivity index (χ3n) is 9.24. The van der Waals surface area contributed by atoms with Crippen LogP contribution < -0.4 is 10.2 Å². The van der Waals surface area contributed by atoms with Crippen molar-refractivity contribution in [1.82, 2.24) is 14.5 Å². The van der Waals surface area contributed by atoms with Gasteiger partial charge in [-0.05, 0) is 75.4 Å². The number of hydrogen-bond acceptors (Lipinski definition) is 5. The zero-order valence-electron chi connectivity index (χ0n) is 26.5. The summed E-state index contributed by atoms with van der Waals surface area (Å²) in [5.74, 6) is -5.85. The van der Waals surface area contributed by atoms with E-state index in [-0.39, 0.29) is 35.7 Å². The molecule has 2 atom stereocenters. The van der Waals surface area contributed by atoms with E-state index in [1.165, 1.54) is 30.0 Å². The molecule has 5 rings (SSSR count). The Hall–Kier alpha value is -4.07. The monoisotopic (exact) mass is 665 g/mol. The number of aryl methyl sites for hydroxylation is 1. The van der Waals surface area contributed by atoms with Gasteiger partial charge in [-0.1, -0.05) is 6.07 Å². The SMILES string of the molecule is Cc1cc(N2CCC(C(=O)O)CC2)c(Cn2ccnc2NC(=O)[C@]2(F)CN(C(C)(C)C)C[C@H]2c2ccc(F)cc2F)cc1C(F)(F)F. The van der Waals surface area contributed by atoms with Crippen LogP contribution >= 0.6 is 0 Å². The summed E-state index contributed by atoms with van der Waals surface area (Å²) < 4.78 is 88.9. The molecule has 0 unspecified atom stereocenters. The number of rotatable bonds is 7. The summed E-state index contributed by atoms with van der Waals surface area (Å²) in [4.78, 5) is 32.9. The number of hydrogen-bond donors (Lipinski definition) is 2. The first-order valence-electron chi connectivity index (χ1n) is 15.3. The standard InChI is InChI=1S/C33H37F6N5O3/c1-19-13-27(42-10-7-20(8-11-42)28(45)46)21(14-24(19)33(37,38)39)16-43-12-9-40-30(43)41-29(47)32(36)18-44(31(2,3)4)17-25(32)23-6-5-22(34)15-26(23)35/h5-6,9,12-15,20,25H,7-8,10-11,16-18H2,1-4H3,(H,45,46)(H,40,41,47)/t25-,32-/m0/s1. The minimum Gasteiger partial charge on any atom is -0.481 e. The number of likely N-dealkylation sites (tertiary alicyclic amines) is 1. The van der Waals surface area contributed by atoms with E-state index in [9.17, 15) is 36.6 Å². The molecule has 0 aliphatic carbocycles. The lowest BCUT2D eigenvalue weighted by molar-refractivity contribution is -0.142. The van der Waals surface area contributed by atoms with Gasteiger partial charge in [0.15, 0.2) is 0 Å². The Morgan fingerprint density at radius 3 is 2.36 bits per heavy atom. The van der Waals surface area contributed by atoms with E-state index in [1.54, 1.807) is 4.90 Å². The number of aliphatic carboxylic acids is 1. The van der Waals surface area contributed by atoms with E-state index in [1.807, 2.05) is 25.7 Å². The van der Waals surface area contributed by atoms with Gasteiger partial charge in [-0.25, -0.2) is 18.2 Å². The molecule has 2 aliphatic rings. The summed E-state index contributed by atoms with van der Waals surface area (Å²) in [6, 6.07) is 5.22. The normalized spacial score (nSPS) is 21.3. The fourth-order valence-corrected chi connectivity index (χ4v) is 6.47. The highest BCUT2D eigenvalue weighted by molar-refractivity contribution is 5.97. The largest absolute Gasteiger partial charge is 0.481 e. The van der Waals surface area contributed by atoms with Gasteiger partial charge in [-0.2, -0.15) is 13.2 Å². The molecule has 47 heavy (non-hydrogen) atoms. The lowest BCUT2D eigenvalue weighted by atomic mass is 9.85. The molecule has 2 aromatic carbocycles. The quantitative estimate of drug-likeness (QED) is 0.285. The van der Waals surface area contributed by atoms with Crippen LogP contribution in [0.2, 0.25) is 0 Å². The first kappa shape index (κ1) is 34.3. The number of nitrogens with one attached hydrogen (secondary N) is 1. The van der Waals surface area contributed by atoms with Gasteiger partial charge in [0.1, 0.15) is 11.6 Å². The van der Waals surface area contributed by atoms with Gasteiger partial charge < -0.3 is 14.6 Å². The Morgan fingerprint density at radius 2 is 1.77 bits per heavy atom. The van der Waals surface area contributed by atoms with Crippen LogP contribution in [0.4, 0.5) is 38.0 Å². The number of anilines is 2. The van der Waals surface area contributed by atoms with Crippen molar-refractivity contribution >= 4 is 23.5 Å². The van der Waals surface area contributed by atoms with Crippen molar-refractivity contribution in [3.63, 3.8) is 0 Å². The molecule has 2 N–H and O–H groups in total. The molecule has 2 aliphatic heterocycles. The molecule has 2 fully saturated rings. The van der Waals surface area contributed by atoms with E-state index in [4.69, 9.17) is 0 Å². The Labute approximate surface area is 268 Å². The number of nitrogens with zero attached hydrogens (tertiary/aromatic N) is 4. The van der Waals surface area contributed by atoms with Gasteiger partial charge >= 0.3 is 12.1 Å². The Morgan fingerprint density at radius 1 is 1.09 bits per heavy atom. The van der Waals surface area contributed by atoms with Crippen molar-refractivity contribution in [3.8, 4) is 0 Å². The highest BCUT2D eigenvalue weighted by Crippen LogP contribution is 2.44. The molecule has 0 saturated carbocycles. The molecule has 254 valence electrons. The molecular formula is C33H37F6N5O3. The predicted octanol–water partition coefficient (Wildman–Crippen LogP) is 6.38. The number of aromatic nitrogens is 2. The van der Waals surface area contributed by atoms with Crippen LogP contribution in [0.5, 0.6) is 0 Å². The first-order valence-corrected chi connectivity index (χ1v) is 15.3. The maximum Gasteiger partial charge on any atom is 0.416 e. The van der Waals surface area contributed by atoms with Crippen LogP contribution in [0.15, 0.2) is 42.7 Å². The first-order chi connectivity index (χ1) is 21.9. The number of amides is 1. The summed E-state index contributed by atoms with van der Waals surface area (Å²) in [6.07, 6.45) is -1.26. The molecule has 2 saturated heterocycles. The average Bonchev–Trinajstić information content (AvgIpc) is 3.57. The lowest BCUT2D eigenvalue weighted by Gasteiger charge is -2.34. The smallest absolute Gasteiger partial charge is 0.416 e. The van der Waals surface area contributed by atoms with Crippen molar-refractivity contribution in [3.05, 3.63) is 76.6 Å². The number of carbonyl (C=O) groups excluding carboxylic acids is 1. The Balaban J connectivity index is 1.46. The topological polar surface area (TPSA) is 90.7 Å². The van der Waals surface area contributed by atoms with E-state index in [0.717, 1.165) is 18.2 Å². The lowest BCUT2D eigenvalue weighted by Crippen LogP contribution is -2.47. The van der Waals surface area contributed by atoms with E-state index in [0.29, 0.717) is 37.7 Å². The third kappa shape index (κ3) is 6.97. The molecule has 0 spiro atoms. The van der Waals surface area contributed by atoms with Crippen molar-refractivity contribution in [2.75, 3.05) is 36.4 Å². The van der Waals surface area contributed by atoms with E-state index < -0.39 is 64.8 Å². The molecule has 1 aromatic heterocycles. The van der Waals surface area contributed by atoms with E-state index >= 15 is 4.39 Å². The number of carboxylic acids is 1. The minimum absolute atomic E-state index is 0.00107. The molecule has 3 aromatic rings. The number of halogens is 6. The van der Waals surface area contributed by atoms with Crippen LogP contribution in [0.3, 0.4) is 0 Å². The molecule has 0 bridgehead atoms. The second-order valence-electron chi connectivity index (χ2n) is 13.4. The van der Waals surface area contributed by atoms with Crippen molar-refractivity contribution < 1.29 is 41.0 Å². The Bertz CT molecular complexity index is 1660. The number of carbonyl (C=O) groups is 2. The molecule has 8 nitrogen and oxygen atoms in total. The van der Waals surface area contributed by atoms with Gasteiger partial charge in [0.2, 0.25) is 11.6 Å². The van der Waals surface area contributed by atoms with E-state index in [2.05, 4.69) is 10.3 Å². The zero-order valence-corrected chi connectivity index (χ0v) is 26.5. The second-order valence-corrected chi connectivity index (χ2v) is 13.4. The number of carboxylic acid groups (broad SMARTS) is 1. The average molecular weight is 666 g/mol. The molecule has 0 radical (unpaired) electrons. The molecule has 1 amide bonds. The summed E-state index contributed by atoms with van der Waals surface area (Å²) in [5.41, 5.74) is -3.55. The molecule has 14 heteroatoms. The predicted molar refractivity (Wildman–Crippen MR) is 163 cm³/mol. The molecular weight excluding hydrogens is 628 g/mol. The maximum atomic E-state index is 17.0. The second kappa shape index (κ2) is 12.5. The van der Waals surface area contributed by atoms with Crippen molar-refractivity contribution in [2.45, 2.75) is 70.4 Å².